The van der Waals surface area contributed by atoms with Crippen molar-refractivity contribution in [1.82, 2.24) is 29.3 Å². The van der Waals surface area contributed by atoms with E-state index in [4.69, 9.17) is 9.26 Å². The maximum atomic E-state index is 14.4. The Morgan fingerprint density at radius 1 is 1.00 bits per heavy atom. The van der Waals surface area contributed by atoms with Crippen molar-refractivity contribution in [3.63, 3.8) is 0 Å². The van der Waals surface area contributed by atoms with E-state index < -0.39 is 11.4 Å². The van der Waals surface area contributed by atoms with Crippen LogP contribution in [0.4, 0.5) is 0 Å². The van der Waals surface area contributed by atoms with E-state index in [0.717, 1.165) is 52.8 Å². The minimum absolute atomic E-state index is 0.0233. The van der Waals surface area contributed by atoms with Crippen LogP contribution < -0.4 is 11.3 Å². The molecule has 1 aliphatic carbocycles. The van der Waals surface area contributed by atoms with Crippen molar-refractivity contribution < 1.29 is 14.4 Å². The van der Waals surface area contributed by atoms with Gasteiger partial charge >= 0.3 is 5.76 Å². The lowest BCUT2D eigenvalue weighted by Gasteiger charge is -2.43. The minimum atomic E-state index is -0.706. The number of H-pyrrole nitrogens is 1. The smallest absolute Gasteiger partial charge is 0.390 e. The van der Waals surface area contributed by atoms with Crippen molar-refractivity contribution in [2.75, 3.05) is 13.2 Å². The summed E-state index contributed by atoms with van der Waals surface area (Å²) in [6, 6.07) is 15.8. The fraction of sp³-hybridized carbons (Fsp3) is 0.441. The minimum Gasteiger partial charge on any atom is -0.390 e. The van der Waals surface area contributed by atoms with Crippen LogP contribution in [0.3, 0.4) is 0 Å². The number of ether oxygens (including phenoxy) is 1. The Morgan fingerprint density at radius 2 is 1.73 bits per heavy atom. The second-order valence-electron chi connectivity index (χ2n) is 12.4. The van der Waals surface area contributed by atoms with Gasteiger partial charge in [0, 0.05) is 36.8 Å². The summed E-state index contributed by atoms with van der Waals surface area (Å²) in [7, 11) is 0. The summed E-state index contributed by atoms with van der Waals surface area (Å²) in [5, 5.41) is 20.0. The molecule has 0 unspecified atom stereocenters. The zero-order valence-electron chi connectivity index (χ0n) is 25.4. The maximum Gasteiger partial charge on any atom is 0.439 e. The number of aromatic amines is 1. The number of aliphatic hydroxyl groups is 1. The number of nitrogens with one attached hydrogen (secondary N) is 1. The summed E-state index contributed by atoms with van der Waals surface area (Å²) in [5.74, 6) is 0.593. The SMILES string of the molecule is CCCc1c(Cc2ccc(-c3ccccc3-c3noc(=O)[nH]3)cc2)c(=O)n(C2CCC(O)(C3CCOCC3)CC2)c2ncnn12. The molecule has 1 saturated carbocycles. The Hall–Kier alpha value is -4.35. The molecule has 2 fully saturated rings. The lowest BCUT2D eigenvalue weighted by atomic mass is 9.71. The molecule has 2 aliphatic rings. The first kappa shape index (κ1) is 29.4. The highest BCUT2D eigenvalue weighted by Crippen LogP contribution is 2.42. The second kappa shape index (κ2) is 12.2. The molecule has 7 rings (SSSR count). The van der Waals surface area contributed by atoms with E-state index >= 15 is 0 Å². The van der Waals surface area contributed by atoms with Crippen molar-refractivity contribution in [2.24, 2.45) is 5.92 Å². The molecule has 11 heteroatoms. The Bertz CT molecular complexity index is 1910. The van der Waals surface area contributed by atoms with Gasteiger partial charge in [-0.15, -0.1) is 0 Å². The third kappa shape index (κ3) is 5.55. The highest BCUT2D eigenvalue weighted by Gasteiger charge is 2.41. The number of hydrogen-bond acceptors (Lipinski definition) is 8. The van der Waals surface area contributed by atoms with Crippen LogP contribution >= 0.6 is 0 Å². The van der Waals surface area contributed by atoms with E-state index in [1.165, 1.54) is 6.33 Å². The number of aromatic nitrogens is 6. The first-order valence-corrected chi connectivity index (χ1v) is 16.0. The van der Waals surface area contributed by atoms with Gasteiger partial charge in [0.2, 0.25) is 5.78 Å². The van der Waals surface area contributed by atoms with Crippen LogP contribution in [-0.2, 0) is 17.6 Å². The van der Waals surface area contributed by atoms with Crippen molar-refractivity contribution >= 4 is 5.78 Å². The third-order valence-electron chi connectivity index (χ3n) is 9.75. The fourth-order valence-electron chi connectivity index (χ4n) is 7.38. The van der Waals surface area contributed by atoms with Gasteiger partial charge in [0.25, 0.3) is 5.56 Å². The monoisotopic (exact) mass is 610 g/mol. The highest BCUT2D eigenvalue weighted by molar-refractivity contribution is 5.80. The van der Waals surface area contributed by atoms with Crippen molar-refractivity contribution in [3.05, 3.63) is 92.6 Å². The molecule has 11 nitrogen and oxygen atoms in total. The van der Waals surface area contributed by atoms with Crippen LogP contribution in [0.5, 0.6) is 0 Å². The number of rotatable bonds is 8. The standard InChI is InChI=1S/C34H38N6O5/c1-2-5-29-28(20-22-8-10-23(11-9-22)26-6-3-4-7-27(26)30-37-33(42)45-38-30)31(41)39(32-35-21-36-40(29)32)25-12-16-34(43,17-13-25)24-14-18-44-19-15-24/h3-4,6-11,21,24-25,43H,2,5,12-20H2,1H3,(H,37,38,42). The number of fused-ring (bicyclic) bond motifs is 1. The molecule has 1 aliphatic heterocycles. The van der Waals surface area contributed by atoms with Crippen molar-refractivity contribution in [2.45, 2.75) is 76.4 Å². The van der Waals surface area contributed by atoms with Crippen LogP contribution in [-0.4, -0.2) is 53.2 Å². The highest BCUT2D eigenvalue weighted by atomic mass is 16.5. The average Bonchev–Trinajstić information content (AvgIpc) is 3.74. The Morgan fingerprint density at radius 3 is 2.42 bits per heavy atom. The number of hydrogen-bond donors (Lipinski definition) is 2. The summed E-state index contributed by atoms with van der Waals surface area (Å²) in [4.78, 5) is 33.2. The van der Waals surface area contributed by atoms with Gasteiger partial charge in [-0.25, -0.2) is 9.31 Å². The van der Waals surface area contributed by atoms with Gasteiger partial charge < -0.3 is 9.84 Å². The number of nitrogens with zero attached hydrogens (tertiary/aromatic N) is 5. The molecule has 4 heterocycles. The molecule has 0 bridgehead atoms. The van der Waals surface area contributed by atoms with Gasteiger partial charge in [0.15, 0.2) is 5.82 Å². The zero-order chi connectivity index (χ0) is 31.0. The summed E-state index contributed by atoms with van der Waals surface area (Å²) in [5.41, 5.74) is 4.52. The van der Waals surface area contributed by atoms with Crippen LogP contribution in [0.15, 0.2) is 69.0 Å². The molecule has 0 spiro atoms. The summed E-state index contributed by atoms with van der Waals surface area (Å²) < 4.78 is 14.0. The largest absolute Gasteiger partial charge is 0.439 e. The first-order valence-electron chi connectivity index (χ1n) is 16.0. The van der Waals surface area contributed by atoms with Gasteiger partial charge in [-0.2, -0.15) is 10.1 Å². The van der Waals surface area contributed by atoms with Crippen molar-refractivity contribution in [1.29, 1.82) is 0 Å². The molecular weight excluding hydrogens is 572 g/mol. The predicted octanol–water partition coefficient (Wildman–Crippen LogP) is 4.72. The number of aryl methyl sites for hydroxylation is 1. The molecule has 0 radical (unpaired) electrons. The van der Waals surface area contributed by atoms with Gasteiger partial charge in [0.1, 0.15) is 6.33 Å². The van der Waals surface area contributed by atoms with E-state index in [2.05, 4.69) is 27.1 Å². The normalized spacial score (nSPS) is 21.0. The Balaban J connectivity index is 1.20. The Kier molecular flexibility index (Phi) is 7.97. The quantitative estimate of drug-likeness (QED) is 0.257. The summed E-state index contributed by atoms with van der Waals surface area (Å²) >= 11 is 0. The van der Waals surface area contributed by atoms with Gasteiger partial charge in [0.05, 0.1) is 11.3 Å². The van der Waals surface area contributed by atoms with E-state index in [1.807, 2.05) is 57.6 Å². The molecule has 45 heavy (non-hydrogen) atoms. The van der Waals surface area contributed by atoms with Gasteiger partial charge in [-0.05, 0) is 67.6 Å². The van der Waals surface area contributed by atoms with Crippen molar-refractivity contribution in [3.8, 4) is 22.5 Å². The topological polar surface area (TPSA) is 141 Å². The van der Waals surface area contributed by atoms with Crippen LogP contribution in [0.25, 0.3) is 28.3 Å². The summed E-state index contributed by atoms with van der Waals surface area (Å²) in [6.07, 6.45) is 8.09. The molecule has 0 amide bonds. The lowest BCUT2D eigenvalue weighted by Crippen LogP contribution is -2.45. The molecule has 2 N–H and O–H groups in total. The molecule has 5 aromatic rings. The fourth-order valence-corrected chi connectivity index (χ4v) is 7.38. The maximum absolute atomic E-state index is 14.4. The van der Waals surface area contributed by atoms with E-state index in [1.54, 1.807) is 0 Å². The summed E-state index contributed by atoms with van der Waals surface area (Å²) in [6.45, 7) is 3.51. The van der Waals surface area contributed by atoms with E-state index in [9.17, 15) is 14.7 Å². The van der Waals surface area contributed by atoms with Gasteiger partial charge in [-0.1, -0.05) is 67.0 Å². The molecule has 0 atom stereocenters. The number of benzene rings is 2. The molecule has 1 saturated heterocycles. The second-order valence-corrected chi connectivity index (χ2v) is 12.4. The van der Waals surface area contributed by atoms with Crippen LogP contribution in [0, 0.1) is 5.92 Å². The van der Waals surface area contributed by atoms with Crippen LogP contribution in [0.2, 0.25) is 0 Å². The molecule has 2 aromatic carbocycles. The molecule has 234 valence electrons. The van der Waals surface area contributed by atoms with E-state index in [0.29, 0.717) is 63.3 Å². The third-order valence-corrected chi connectivity index (χ3v) is 9.75. The van der Waals surface area contributed by atoms with Crippen LogP contribution in [0.1, 0.15) is 74.7 Å². The molecule has 3 aromatic heterocycles. The Labute approximate surface area is 259 Å². The van der Waals surface area contributed by atoms with Gasteiger partial charge in [-0.3, -0.25) is 18.9 Å². The average molecular weight is 611 g/mol. The lowest BCUT2D eigenvalue weighted by molar-refractivity contribution is -0.0921. The van der Waals surface area contributed by atoms with E-state index in [-0.39, 0.29) is 17.5 Å². The first-order chi connectivity index (χ1) is 21.9. The molecular formula is C34H38N6O5. The predicted molar refractivity (Wildman–Crippen MR) is 168 cm³/mol. The zero-order valence-corrected chi connectivity index (χ0v) is 25.4.